The normalized spacial score (nSPS) is 24.4. The zero-order valence-electron chi connectivity index (χ0n) is 15.4. The minimum Gasteiger partial charge on any atom is -0.489 e. The van der Waals surface area contributed by atoms with Gasteiger partial charge in [-0.3, -0.25) is 4.79 Å². The molecule has 2 aromatic carbocycles. The summed E-state index contributed by atoms with van der Waals surface area (Å²) < 4.78 is 46.0. The smallest absolute Gasteiger partial charge is 0.437 e. The molecular formula is C20H19F3N2O4. The molecule has 2 amide bonds. The molecule has 2 aromatic rings. The molecule has 1 fully saturated rings. The van der Waals surface area contributed by atoms with Crippen molar-refractivity contribution in [1.29, 1.82) is 0 Å². The summed E-state index contributed by atoms with van der Waals surface area (Å²) in [5.74, 6) is -2.42. The number of halogens is 3. The van der Waals surface area contributed by atoms with E-state index in [-0.39, 0.29) is 5.56 Å². The second-order valence-corrected chi connectivity index (χ2v) is 6.77. The van der Waals surface area contributed by atoms with E-state index in [4.69, 9.17) is 4.74 Å². The minimum atomic E-state index is -5.24. The van der Waals surface area contributed by atoms with Crippen molar-refractivity contribution in [2.24, 2.45) is 5.92 Å². The number of urea groups is 1. The van der Waals surface area contributed by atoms with E-state index in [0.29, 0.717) is 12.4 Å². The molecule has 29 heavy (non-hydrogen) atoms. The van der Waals surface area contributed by atoms with E-state index < -0.39 is 35.7 Å². The van der Waals surface area contributed by atoms with E-state index in [1.807, 2.05) is 30.3 Å². The number of alkyl halides is 3. The van der Waals surface area contributed by atoms with Gasteiger partial charge in [0, 0.05) is 0 Å². The number of carbonyl (C=O) groups excluding carboxylic acids is 2. The molecule has 3 rings (SSSR count). The van der Waals surface area contributed by atoms with Crippen molar-refractivity contribution in [1.82, 2.24) is 10.6 Å². The van der Waals surface area contributed by atoms with Crippen LogP contribution in [0.4, 0.5) is 18.0 Å². The van der Waals surface area contributed by atoms with E-state index in [1.165, 1.54) is 29.6 Å². The molecule has 1 heterocycles. The summed E-state index contributed by atoms with van der Waals surface area (Å²) in [6.45, 7) is 1.24. The Bertz CT molecular complexity index is 887. The highest BCUT2D eigenvalue weighted by Crippen LogP contribution is 2.43. The average Bonchev–Trinajstić information content (AvgIpc) is 2.66. The van der Waals surface area contributed by atoms with Crippen molar-refractivity contribution in [3.05, 3.63) is 65.7 Å². The molecular weight excluding hydrogens is 389 g/mol. The van der Waals surface area contributed by atoms with Crippen LogP contribution in [0.5, 0.6) is 5.75 Å². The van der Waals surface area contributed by atoms with E-state index in [2.05, 4.69) is 5.32 Å². The summed E-state index contributed by atoms with van der Waals surface area (Å²) in [5, 5.41) is 13.9. The van der Waals surface area contributed by atoms with Crippen molar-refractivity contribution in [3.63, 3.8) is 0 Å². The van der Waals surface area contributed by atoms with Gasteiger partial charge in [-0.2, -0.15) is 13.2 Å². The Morgan fingerprint density at radius 2 is 1.76 bits per heavy atom. The molecule has 0 bridgehead atoms. The molecule has 6 nitrogen and oxygen atoms in total. The number of ketones is 1. The van der Waals surface area contributed by atoms with E-state index in [9.17, 15) is 27.9 Å². The average molecular weight is 408 g/mol. The van der Waals surface area contributed by atoms with Gasteiger partial charge in [0.1, 0.15) is 18.1 Å². The van der Waals surface area contributed by atoms with Crippen molar-refractivity contribution in [2.45, 2.75) is 31.5 Å². The van der Waals surface area contributed by atoms with Crippen molar-refractivity contribution < 1.29 is 32.6 Å². The van der Waals surface area contributed by atoms with Gasteiger partial charge in [0.2, 0.25) is 5.72 Å². The third-order valence-electron chi connectivity index (χ3n) is 4.73. The maximum absolute atomic E-state index is 13.5. The molecule has 0 aliphatic carbocycles. The topological polar surface area (TPSA) is 87.7 Å². The monoisotopic (exact) mass is 408 g/mol. The summed E-state index contributed by atoms with van der Waals surface area (Å²) in [7, 11) is 0. The van der Waals surface area contributed by atoms with Gasteiger partial charge in [0.05, 0.1) is 12.0 Å². The van der Waals surface area contributed by atoms with Crippen LogP contribution in [-0.2, 0) is 11.4 Å². The fourth-order valence-corrected chi connectivity index (χ4v) is 3.32. The SMILES string of the molecule is CC(=O)[C@@H]1[C@H](c2ccc(OCc3ccccc3)cc2)NC(=O)N[C@]1(O)C(F)(F)F. The molecule has 0 spiro atoms. The Balaban J connectivity index is 1.84. The predicted molar refractivity (Wildman–Crippen MR) is 96.8 cm³/mol. The lowest BCUT2D eigenvalue weighted by atomic mass is 9.79. The molecule has 1 aliphatic rings. The van der Waals surface area contributed by atoms with Crippen molar-refractivity contribution in [2.75, 3.05) is 0 Å². The number of rotatable bonds is 5. The van der Waals surface area contributed by atoms with Crippen LogP contribution in [0.15, 0.2) is 54.6 Å². The van der Waals surface area contributed by atoms with Crippen LogP contribution in [0.3, 0.4) is 0 Å². The molecule has 9 heteroatoms. The van der Waals surface area contributed by atoms with Crippen LogP contribution in [0.1, 0.15) is 24.1 Å². The number of ether oxygens (including phenoxy) is 1. The molecule has 0 unspecified atom stereocenters. The van der Waals surface area contributed by atoms with Gasteiger partial charge in [-0.1, -0.05) is 42.5 Å². The Kier molecular flexibility index (Phi) is 5.52. The first-order chi connectivity index (χ1) is 13.6. The van der Waals surface area contributed by atoms with Crippen LogP contribution in [0.2, 0.25) is 0 Å². The van der Waals surface area contributed by atoms with Crippen LogP contribution in [0.25, 0.3) is 0 Å². The molecule has 0 aromatic heterocycles. The summed E-state index contributed by atoms with van der Waals surface area (Å²) >= 11 is 0. The molecule has 3 N–H and O–H groups in total. The number of hydrogen-bond donors (Lipinski definition) is 3. The Labute approximate surface area is 164 Å². The van der Waals surface area contributed by atoms with Crippen molar-refractivity contribution >= 4 is 11.8 Å². The van der Waals surface area contributed by atoms with Gasteiger partial charge in [-0.15, -0.1) is 0 Å². The fraction of sp³-hybridized carbons (Fsp3) is 0.300. The van der Waals surface area contributed by atoms with Gasteiger partial charge < -0.3 is 20.5 Å². The molecule has 3 atom stereocenters. The van der Waals surface area contributed by atoms with Gasteiger partial charge in [-0.05, 0) is 30.2 Å². The van der Waals surface area contributed by atoms with E-state index >= 15 is 0 Å². The van der Waals surface area contributed by atoms with Crippen LogP contribution in [-0.4, -0.2) is 28.8 Å². The lowest BCUT2D eigenvalue weighted by Gasteiger charge is -2.44. The second kappa shape index (κ2) is 7.75. The lowest BCUT2D eigenvalue weighted by Crippen LogP contribution is -2.72. The lowest BCUT2D eigenvalue weighted by molar-refractivity contribution is -0.290. The highest BCUT2D eigenvalue weighted by Gasteiger charge is 2.65. The highest BCUT2D eigenvalue weighted by atomic mass is 19.4. The highest BCUT2D eigenvalue weighted by molar-refractivity contribution is 5.86. The molecule has 154 valence electrons. The Morgan fingerprint density at radius 3 is 2.31 bits per heavy atom. The van der Waals surface area contributed by atoms with E-state index in [0.717, 1.165) is 12.5 Å². The molecule has 1 saturated heterocycles. The van der Waals surface area contributed by atoms with Gasteiger partial charge in [0.25, 0.3) is 0 Å². The number of carbonyl (C=O) groups is 2. The zero-order chi connectivity index (χ0) is 21.2. The number of benzene rings is 2. The zero-order valence-corrected chi connectivity index (χ0v) is 15.4. The largest absolute Gasteiger partial charge is 0.489 e. The summed E-state index contributed by atoms with van der Waals surface area (Å²) in [5.41, 5.74) is -2.50. The Morgan fingerprint density at radius 1 is 1.14 bits per heavy atom. The number of nitrogens with one attached hydrogen (secondary N) is 2. The van der Waals surface area contributed by atoms with Crippen molar-refractivity contribution in [3.8, 4) is 5.75 Å². The van der Waals surface area contributed by atoms with Gasteiger partial charge >= 0.3 is 12.2 Å². The quantitative estimate of drug-likeness (QED) is 0.710. The van der Waals surface area contributed by atoms with Gasteiger partial charge in [-0.25, -0.2) is 4.79 Å². The predicted octanol–water partition coefficient (Wildman–Crippen LogP) is 3.08. The maximum Gasteiger partial charge on any atom is 0.437 e. The summed E-state index contributed by atoms with van der Waals surface area (Å²) in [6, 6.07) is 12.7. The number of Topliss-reactive ketones (excluding diaryl/α,β-unsaturated/α-hetero) is 1. The maximum atomic E-state index is 13.5. The Hall–Kier alpha value is -3.07. The fourth-order valence-electron chi connectivity index (χ4n) is 3.32. The van der Waals surface area contributed by atoms with Crippen LogP contribution in [0, 0.1) is 5.92 Å². The van der Waals surface area contributed by atoms with E-state index in [1.54, 1.807) is 0 Å². The van der Waals surface area contributed by atoms with Crippen LogP contribution >= 0.6 is 0 Å². The second-order valence-electron chi connectivity index (χ2n) is 6.77. The standard InChI is InChI=1S/C20H19F3N2O4/c1-12(26)16-17(24-18(27)25-19(16,28)20(21,22)23)14-7-9-15(10-8-14)29-11-13-5-3-2-4-6-13/h2-10,16-17,28H,11H2,1H3,(H2,24,25,27)/t16-,17+,19-/m1/s1. The number of amides is 2. The number of hydrogen-bond acceptors (Lipinski definition) is 4. The third kappa shape index (κ3) is 4.19. The van der Waals surface area contributed by atoms with Gasteiger partial charge in [0.15, 0.2) is 0 Å². The summed E-state index contributed by atoms with van der Waals surface area (Å²) in [4.78, 5) is 23.8. The molecule has 1 aliphatic heterocycles. The molecule has 0 radical (unpaired) electrons. The summed E-state index contributed by atoms with van der Waals surface area (Å²) in [6.07, 6.45) is -5.24. The van der Waals surface area contributed by atoms with Crippen LogP contribution < -0.4 is 15.4 Å². The molecule has 0 saturated carbocycles. The number of aliphatic hydroxyl groups is 1. The minimum absolute atomic E-state index is 0.231. The first-order valence-electron chi connectivity index (χ1n) is 8.77. The first-order valence-corrected chi connectivity index (χ1v) is 8.77. The first kappa shape index (κ1) is 20.7. The third-order valence-corrected chi connectivity index (χ3v) is 4.73.